The van der Waals surface area contributed by atoms with Gasteiger partial charge in [-0.3, -0.25) is 4.79 Å². The number of hydrogen-bond acceptors (Lipinski definition) is 4. The lowest BCUT2D eigenvalue weighted by Crippen LogP contribution is -2.38. The number of nitrogens with one attached hydrogen (secondary N) is 1. The van der Waals surface area contributed by atoms with Gasteiger partial charge in [0.25, 0.3) is 5.91 Å². The van der Waals surface area contributed by atoms with Gasteiger partial charge in [-0.15, -0.1) is 0 Å². The summed E-state index contributed by atoms with van der Waals surface area (Å²) in [4.78, 5) is 14.1. The van der Waals surface area contributed by atoms with Gasteiger partial charge in [0.15, 0.2) is 11.5 Å². The average Bonchev–Trinajstić information content (AvgIpc) is 3.17. The van der Waals surface area contributed by atoms with Crippen molar-refractivity contribution in [2.75, 3.05) is 20.1 Å². The fourth-order valence-corrected chi connectivity index (χ4v) is 2.66. The first-order valence-electron chi connectivity index (χ1n) is 6.85. The van der Waals surface area contributed by atoms with Gasteiger partial charge >= 0.3 is 0 Å². The van der Waals surface area contributed by atoms with Crippen LogP contribution in [-0.2, 0) is 0 Å². The predicted molar refractivity (Wildman–Crippen MR) is 80.3 cm³/mol. The Hall–Kier alpha value is -1.85. The van der Waals surface area contributed by atoms with Crippen LogP contribution >= 0.6 is 11.6 Å². The van der Waals surface area contributed by atoms with Crippen LogP contribution in [0, 0.1) is 0 Å². The summed E-state index contributed by atoms with van der Waals surface area (Å²) in [5, 5.41) is 7.75. The van der Waals surface area contributed by atoms with Gasteiger partial charge in [-0.05, 0) is 25.1 Å². The van der Waals surface area contributed by atoms with Crippen molar-refractivity contribution in [3.05, 3.63) is 41.0 Å². The molecule has 0 aliphatic carbocycles. The minimum atomic E-state index is -0.124. The van der Waals surface area contributed by atoms with Crippen LogP contribution in [0.1, 0.15) is 16.9 Å². The second kappa shape index (κ2) is 5.87. The van der Waals surface area contributed by atoms with E-state index in [2.05, 4.69) is 10.5 Å². The maximum Gasteiger partial charge on any atom is 0.276 e. The third-order valence-electron chi connectivity index (χ3n) is 3.74. The van der Waals surface area contributed by atoms with E-state index in [-0.39, 0.29) is 11.9 Å². The average molecular weight is 306 g/mol. The highest BCUT2D eigenvalue weighted by Gasteiger charge is 2.26. The molecule has 5 nitrogen and oxygen atoms in total. The zero-order valence-electron chi connectivity index (χ0n) is 11.7. The molecule has 1 amide bonds. The molecule has 1 atom stereocenters. The summed E-state index contributed by atoms with van der Waals surface area (Å²) in [5.41, 5.74) is 1.12. The fourth-order valence-electron chi connectivity index (χ4n) is 2.47. The second-order valence-electron chi connectivity index (χ2n) is 5.15. The van der Waals surface area contributed by atoms with Gasteiger partial charge < -0.3 is 14.7 Å². The molecule has 0 saturated carbocycles. The normalized spacial score (nSPS) is 17.9. The van der Waals surface area contributed by atoms with E-state index in [9.17, 15) is 4.79 Å². The first-order valence-corrected chi connectivity index (χ1v) is 7.23. The largest absolute Gasteiger partial charge is 0.355 e. The summed E-state index contributed by atoms with van der Waals surface area (Å²) >= 11 is 5.96. The van der Waals surface area contributed by atoms with Crippen LogP contribution in [0.4, 0.5) is 0 Å². The molecule has 1 unspecified atom stereocenters. The van der Waals surface area contributed by atoms with Crippen molar-refractivity contribution in [1.82, 2.24) is 15.4 Å². The topological polar surface area (TPSA) is 58.4 Å². The van der Waals surface area contributed by atoms with Gasteiger partial charge in [-0.1, -0.05) is 28.9 Å². The van der Waals surface area contributed by atoms with E-state index in [1.165, 1.54) is 0 Å². The van der Waals surface area contributed by atoms with Gasteiger partial charge in [0.2, 0.25) is 0 Å². The number of amides is 1. The van der Waals surface area contributed by atoms with Gasteiger partial charge in [0.1, 0.15) is 0 Å². The zero-order valence-corrected chi connectivity index (χ0v) is 12.4. The Balaban J connectivity index is 1.79. The third kappa shape index (κ3) is 2.94. The first kappa shape index (κ1) is 14.1. The molecule has 1 fully saturated rings. The van der Waals surface area contributed by atoms with Crippen molar-refractivity contribution in [2.24, 2.45) is 0 Å². The van der Waals surface area contributed by atoms with E-state index < -0.39 is 0 Å². The predicted octanol–water partition coefficient (Wildman–Crippen LogP) is 2.43. The molecule has 21 heavy (non-hydrogen) atoms. The molecule has 1 saturated heterocycles. The summed E-state index contributed by atoms with van der Waals surface area (Å²) in [7, 11) is 1.80. The van der Waals surface area contributed by atoms with E-state index in [4.69, 9.17) is 16.1 Å². The second-order valence-corrected chi connectivity index (χ2v) is 5.59. The number of carbonyl (C=O) groups excluding carboxylic acids is 1. The van der Waals surface area contributed by atoms with Crippen LogP contribution in [0.2, 0.25) is 5.02 Å². The van der Waals surface area contributed by atoms with Gasteiger partial charge in [-0.25, -0.2) is 0 Å². The summed E-state index contributed by atoms with van der Waals surface area (Å²) in [6.07, 6.45) is 0.960. The fraction of sp³-hybridized carbons (Fsp3) is 0.333. The van der Waals surface area contributed by atoms with Crippen LogP contribution in [-0.4, -0.2) is 42.1 Å². The van der Waals surface area contributed by atoms with Crippen molar-refractivity contribution >= 4 is 17.5 Å². The van der Waals surface area contributed by atoms with Crippen LogP contribution in [0.5, 0.6) is 0 Å². The maximum atomic E-state index is 12.4. The van der Waals surface area contributed by atoms with E-state index in [0.717, 1.165) is 25.1 Å². The van der Waals surface area contributed by atoms with Crippen molar-refractivity contribution < 1.29 is 9.32 Å². The monoisotopic (exact) mass is 305 g/mol. The van der Waals surface area contributed by atoms with Crippen LogP contribution in [0.25, 0.3) is 11.3 Å². The van der Waals surface area contributed by atoms with Crippen LogP contribution in [0.3, 0.4) is 0 Å². The Morgan fingerprint density at radius 1 is 1.48 bits per heavy atom. The van der Waals surface area contributed by atoms with Gasteiger partial charge in [0.05, 0.1) is 0 Å². The highest BCUT2D eigenvalue weighted by Crippen LogP contribution is 2.24. The number of hydrogen-bond donors (Lipinski definition) is 1. The Morgan fingerprint density at radius 2 is 2.33 bits per heavy atom. The van der Waals surface area contributed by atoms with E-state index in [1.54, 1.807) is 30.1 Å². The third-order valence-corrected chi connectivity index (χ3v) is 3.98. The molecule has 0 radical (unpaired) electrons. The summed E-state index contributed by atoms with van der Waals surface area (Å²) in [5.74, 6) is 0.416. The molecule has 1 aliphatic rings. The molecule has 6 heteroatoms. The number of nitrogens with zero attached hydrogens (tertiary/aromatic N) is 2. The lowest BCUT2D eigenvalue weighted by atomic mass is 10.1. The Labute approximate surface area is 127 Å². The van der Waals surface area contributed by atoms with Gasteiger partial charge in [0, 0.05) is 36.3 Å². The highest BCUT2D eigenvalue weighted by atomic mass is 35.5. The first-order chi connectivity index (χ1) is 10.1. The number of halogens is 1. The molecular formula is C15H16ClN3O2. The van der Waals surface area contributed by atoms with Crippen molar-refractivity contribution in [3.63, 3.8) is 0 Å². The molecule has 0 spiro atoms. The molecule has 0 bridgehead atoms. The number of benzene rings is 1. The van der Waals surface area contributed by atoms with Crippen LogP contribution in [0.15, 0.2) is 34.9 Å². The molecule has 1 N–H and O–H groups in total. The number of likely N-dealkylation sites (N-methyl/N-ethyl adjacent to an activating group) is 1. The summed E-state index contributed by atoms with van der Waals surface area (Å²) in [6, 6.07) is 9.13. The number of rotatable bonds is 3. The Bertz CT molecular complexity index is 650. The smallest absolute Gasteiger partial charge is 0.276 e. The highest BCUT2D eigenvalue weighted by molar-refractivity contribution is 6.30. The van der Waals surface area contributed by atoms with Crippen LogP contribution < -0.4 is 5.32 Å². The van der Waals surface area contributed by atoms with Crippen molar-refractivity contribution in [2.45, 2.75) is 12.5 Å². The minimum absolute atomic E-state index is 0.124. The SMILES string of the molecule is CN(C(=O)c1cc(-c2cccc(Cl)c2)on1)C1CCNC1. The molecule has 2 aromatic rings. The number of carbonyl (C=O) groups is 1. The molecule has 2 heterocycles. The van der Waals surface area contributed by atoms with Crippen molar-refractivity contribution in [1.29, 1.82) is 0 Å². The molecule has 110 valence electrons. The Morgan fingerprint density at radius 3 is 3.05 bits per heavy atom. The Kier molecular flexibility index (Phi) is 3.94. The molecule has 1 aromatic heterocycles. The van der Waals surface area contributed by atoms with E-state index in [0.29, 0.717) is 16.5 Å². The van der Waals surface area contributed by atoms with E-state index in [1.807, 2.05) is 12.1 Å². The molecular weight excluding hydrogens is 290 g/mol. The lowest BCUT2D eigenvalue weighted by Gasteiger charge is -2.22. The summed E-state index contributed by atoms with van der Waals surface area (Å²) in [6.45, 7) is 1.76. The standard InChI is InChI=1S/C15H16ClN3O2/c1-19(12-5-6-17-9-12)15(20)13-8-14(21-18-13)10-3-2-4-11(16)7-10/h2-4,7-8,12,17H,5-6,9H2,1H3. The quantitative estimate of drug-likeness (QED) is 0.946. The van der Waals surface area contributed by atoms with Crippen molar-refractivity contribution in [3.8, 4) is 11.3 Å². The minimum Gasteiger partial charge on any atom is -0.355 e. The van der Waals surface area contributed by atoms with E-state index >= 15 is 0 Å². The molecule has 1 aromatic carbocycles. The zero-order chi connectivity index (χ0) is 14.8. The lowest BCUT2D eigenvalue weighted by molar-refractivity contribution is 0.0733. The van der Waals surface area contributed by atoms with Gasteiger partial charge in [-0.2, -0.15) is 0 Å². The maximum absolute atomic E-state index is 12.4. The summed E-state index contributed by atoms with van der Waals surface area (Å²) < 4.78 is 5.27. The molecule has 3 rings (SSSR count). The molecule has 1 aliphatic heterocycles. The number of aromatic nitrogens is 1.